The van der Waals surface area contributed by atoms with Gasteiger partial charge in [-0.3, -0.25) is 0 Å². The average Bonchev–Trinajstić information content (AvgIpc) is 3.09. The monoisotopic (exact) mass is 590 g/mol. The van der Waals surface area contributed by atoms with Gasteiger partial charge in [-0.05, 0) is 83.5 Å². The molecule has 4 aromatic rings. The summed E-state index contributed by atoms with van der Waals surface area (Å²) < 4.78 is 11.9. The fourth-order valence-corrected chi connectivity index (χ4v) is 6.42. The van der Waals surface area contributed by atoms with Gasteiger partial charge >= 0.3 is 6.15 Å². The normalized spacial score (nSPS) is 17.9. The molecule has 0 aromatic heterocycles. The van der Waals surface area contributed by atoms with Gasteiger partial charge in [0.25, 0.3) is 0 Å². The van der Waals surface area contributed by atoms with Crippen LogP contribution in [0, 0.1) is 5.92 Å². The van der Waals surface area contributed by atoms with Gasteiger partial charge in [0, 0.05) is 0 Å². The molecule has 0 unspecified atom stereocenters. The first-order chi connectivity index (χ1) is 21.7. The topological polar surface area (TPSA) is 52.6 Å². The molecule has 44 heavy (non-hydrogen) atoms. The van der Waals surface area contributed by atoms with Crippen molar-refractivity contribution in [3.63, 3.8) is 0 Å². The van der Waals surface area contributed by atoms with Crippen molar-refractivity contribution in [3.8, 4) is 11.5 Å². The summed E-state index contributed by atoms with van der Waals surface area (Å²) in [5.41, 5.74) is 5.34. The van der Waals surface area contributed by atoms with E-state index < -0.39 is 0 Å². The van der Waals surface area contributed by atoms with Crippen LogP contribution in [0.1, 0.15) is 98.8 Å². The molecule has 0 radical (unpaired) electrons. The first-order valence-corrected chi connectivity index (χ1v) is 16.2. The Balaban J connectivity index is 0.000000185. The van der Waals surface area contributed by atoms with E-state index in [9.17, 15) is 0 Å². The van der Waals surface area contributed by atoms with Gasteiger partial charge in [0.1, 0.15) is 24.7 Å². The molecule has 0 amide bonds. The fraction of sp³-hybridized carbons (Fsp3) is 0.375. The zero-order valence-corrected chi connectivity index (χ0v) is 26.0. The molecule has 2 saturated carbocycles. The van der Waals surface area contributed by atoms with Crippen molar-refractivity contribution in [1.82, 2.24) is 0 Å². The summed E-state index contributed by atoms with van der Waals surface area (Å²) in [5, 5.41) is 0. The van der Waals surface area contributed by atoms with Gasteiger partial charge in [0.15, 0.2) is 0 Å². The Hall–Kier alpha value is -4.14. The lowest BCUT2D eigenvalue weighted by Gasteiger charge is -2.29. The number of benzene rings is 4. The highest BCUT2D eigenvalue weighted by Gasteiger charge is 2.23. The molecule has 0 aliphatic heterocycles. The van der Waals surface area contributed by atoms with Crippen LogP contribution >= 0.6 is 0 Å². The Morgan fingerprint density at radius 2 is 1.05 bits per heavy atom. The van der Waals surface area contributed by atoms with Crippen molar-refractivity contribution in [3.05, 3.63) is 131 Å². The minimum atomic E-state index is 0.250. The van der Waals surface area contributed by atoms with E-state index in [1.165, 1.54) is 80.0 Å². The van der Waals surface area contributed by atoms with Gasteiger partial charge in [0.2, 0.25) is 0 Å². The quantitative estimate of drug-likeness (QED) is 0.205. The number of carbonyl (C=O) groups excluding carboxylic acids is 2. The first kappa shape index (κ1) is 32.8. The van der Waals surface area contributed by atoms with Crippen LogP contribution in [0.4, 0.5) is 0 Å². The lowest BCUT2D eigenvalue weighted by molar-refractivity contribution is -0.191. The summed E-state index contributed by atoms with van der Waals surface area (Å²) in [6, 6.07) is 38.1. The van der Waals surface area contributed by atoms with E-state index in [0.717, 1.165) is 23.3 Å². The van der Waals surface area contributed by atoms with Gasteiger partial charge in [0.05, 0.1) is 0 Å². The van der Waals surface area contributed by atoms with Crippen LogP contribution in [0.25, 0.3) is 0 Å². The second kappa shape index (κ2) is 18.5. The summed E-state index contributed by atoms with van der Waals surface area (Å²) in [4.78, 5) is 16.2. The molecular weight excluding hydrogens is 544 g/mol. The van der Waals surface area contributed by atoms with Crippen molar-refractivity contribution in [2.45, 2.75) is 89.8 Å². The van der Waals surface area contributed by atoms with Crippen LogP contribution in [0.3, 0.4) is 0 Å². The molecule has 4 aromatic carbocycles. The lowest BCUT2D eigenvalue weighted by Crippen LogP contribution is -2.14. The highest BCUT2D eigenvalue weighted by atomic mass is 16.5. The summed E-state index contributed by atoms with van der Waals surface area (Å²) in [6.45, 7) is 3.68. The number of rotatable bonds is 8. The Labute approximate surface area is 263 Å². The summed E-state index contributed by atoms with van der Waals surface area (Å²) in [6.07, 6.45) is 12.5. The molecule has 2 atom stereocenters. The lowest BCUT2D eigenvalue weighted by atomic mass is 9.76. The third-order valence-electron chi connectivity index (χ3n) is 8.83. The van der Waals surface area contributed by atoms with Gasteiger partial charge in [-0.15, -0.1) is 0 Å². The Kier molecular flexibility index (Phi) is 13.8. The maximum atomic E-state index is 8.12. The summed E-state index contributed by atoms with van der Waals surface area (Å²) in [7, 11) is 0. The third kappa shape index (κ3) is 10.8. The minimum Gasteiger partial charge on any atom is -0.489 e. The fourth-order valence-electron chi connectivity index (χ4n) is 6.42. The number of ether oxygens (including phenoxy) is 2. The molecule has 4 nitrogen and oxygen atoms in total. The van der Waals surface area contributed by atoms with E-state index in [1.54, 1.807) is 0 Å². The Bertz CT molecular complexity index is 1390. The predicted octanol–water partition coefficient (Wildman–Crippen LogP) is 10.3. The smallest absolute Gasteiger partial charge is 0.373 e. The predicted molar refractivity (Wildman–Crippen MR) is 176 cm³/mol. The van der Waals surface area contributed by atoms with Crippen molar-refractivity contribution >= 4 is 6.15 Å². The standard InChI is InChI=1S/C20H24O.C19H22O.CO2/c1-16-8-5-6-13-20(16)18-11-7-12-19(14-18)21-15-17-9-3-2-4-10-17;1-3-8-16(9-4-1)15-20-19-13-7-12-18(14-19)17-10-5-2-6-11-17;2-1-3/h2-4,7,9-12,14,16,20H,5-6,8,13,15H2,1H3;1,3-4,7-9,12-14,17H,2,5-6,10-11,15H2;/t16-,20-;;/m0../s1. The molecule has 0 heterocycles. The van der Waals surface area contributed by atoms with Crippen LogP contribution in [0.2, 0.25) is 0 Å². The highest BCUT2D eigenvalue weighted by Crippen LogP contribution is 2.38. The van der Waals surface area contributed by atoms with Gasteiger partial charge in [-0.1, -0.05) is 130 Å². The van der Waals surface area contributed by atoms with E-state index >= 15 is 0 Å². The van der Waals surface area contributed by atoms with E-state index in [0.29, 0.717) is 19.1 Å². The van der Waals surface area contributed by atoms with Crippen LogP contribution in [-0.4, -0.2) is 6.15 Å². The van der Waals surface area contributed by atoms with E-state index in [2.05, 4.69) is 104 Å². The zero-order valence-electron chi connectivity index (χ0n) is 26.0. The molecule has 230 valence electrons. The maximum Gasteiger partial charge on any atom is 0.373 e. The van der Waals surface area contributed by atoms with E-state index in [4.69, 9.17) is 19.1 Å². The molecular formula is C40H46O4. The van der Waals surface area contributed by atoms with Crippen LogP contribution in [-0.2, 0) is 22.8 Å². The number of hydrogen-bond acceptors (Lipinski definition) is 4. The summed E-state index contributed by atoms with van der Waals surface area (Å²) >= 11 is 0. The second-order valence-corrected chi connectivity index (χ2v) is 12.0. The minimum absolute atomic E-state index is 0.250. The van der Waals surface area contributed by atoms with Gasteiger partial charge in [-0.2, -0.15) is 9.59 Å². The molecule has 2 fully saturated rings. The van der Waals surface area contributed by atoms with E-state index in [-0.39, 0.29) is 6.15 Å². The van der Waals surface area contributed by atoms with Crippen LogP contribution < -0.4 is 9.47 Å². The third-order valence-corrected chi connectivity index (χ3v) is 8.83. The van der Waals surface area contributed by atoms with Gasteiger partial charge in [-0.25, -0.2) is 0 Å². The molecule has 2 aliphatic rings. The summed E-state index contributed by atoms with van der Waals surface area (Å²) in [5.74, 6) is 4.23. The maximum absolute atomic E-state index is 8.12. The Morgan fingerprint density at radius 1 is 0.568 bits per heavy atom. The second-order valence-electron chi connectivity index (χ2n) is 12.0. The molecule has 0 N–H and O–H groups in total. The molecule has 2 aliphatic carbocycles. The zero-order chi connectivity index (χ0) is 30.8. The van der Waals surface area contributed by atoms with Crippen molar-refractivity contribution in [2.24, 2.45) is 5.92 Å². The molecule has 0 spiro atoms. The SMILES string of the molecule is C[C@H]1CCCC[C@@H]1c1cccc(OCc2ccccc2)c1.O=C=O.c1ccc(COc2cccc(C3CCCCC3)c2)cc1. The van der Waals surface area contributed by atoms with Crippen molar-refractivity contribution in [2.75, 3.05) is 0 Å². The molecule has 0 saturated heterocycles. The highest BCUT2D eigenvalue weighted by molar-refractivity contribution is 5.33. The number of hydrogen-bond donors (Lipinski definition) is 0. The average molecular weight is 591 g/mol. The largest absolute Gasteiger partial charge is 0.489 e. The molecule has 0 bridgehead atoms. The molecule has 6 rings (SSSR count). The Morgan fingerprint density at radius 3 is 1.59 bits per heavy atom. The van der Waals surface area contributed by atoms with Crippen LogP contribution in [0.5, 0.6) is 11.5 Å². The molecule has 4 heteroatoms. The van der Waals surface area contributed by atoms with Gasteiger partial charge < -0.3 is 9.47 Å². The van der Waals surface area contributed by atoms with Crippen molar-refractivity contribution in [1.29, 1.82) is 0 Å². The van der Waals surface area contributed by atoms with Crippen LogP contribution in [0.15, 0.2) is 109 Å². The van der Waals surface area contributed by atoms with E-state index in [1.807, 2.05) is 12.1 Å². The first-order valence-electron chi connectivity index (χ1n) is 16.2. The van der Waals surface area contributed by atoms with Crippen molar-refractivity contribution < 1.29 is 19.1 Å².